The van der Waals surface area contributed by atoms with Crippen LogP contribution in [0.15, 0.2) is 24.3 Å². The summed E-state index contributed by atoms with van der Waals surface area (Å²) in [5.41, 5.74) is 0.985. The van der Waals surface area contributed by atoms with E-state index in [-0.39, 0.29) is 30.3 Å². The molecule has 0 saturated carbocycles. The number of hydrogen-bond donors (Lipinski definition) is 1. The predicted octanol–water partition coefficient (Wildman–Crippen LogP) is 5.22. The van der Waals surface area contributed by atoms with Gasteiger partial charge in [-0.3, -0.25) is 4.79 Å². The van der Waals surface area contributed by atoms with Crippen molar-refractivity contribution >= 4 is 14.1 Å². The van der Waals surface area contributed by atoms with E-state index in [1.165, 1.54) is 0 Å². The lowest BCUT2D eigenvalue weighted by Gasteiger charge is -2.38. The molecule has 0 aliphatic heterocycles. The van der Waals surface area contributed by atoms with E-state index < -0.39 is 32.7 Å². The Balaban J connectivity index is 2.20. The maximum atomic E-state index is 13.8. The summed E-state index contributed by atoms with van der Waals surface area (Å²) in [6.45, 7) is 10.2. The number of rotatable bonds is 5. The van der Waals surface area contributed by atoms with Crippen LogP contribution in [0.2, 0.25) is 18.1 Å². The van der Waals surface area contributed by atoms with E-state index in [0.717, 1.165) is 0 Å². The van der Waals surface area contributed by atoms with Gasteiger partial charge in [-0.15, -0.1) is 0 Å². The predicted molar refractivity (Wildman–Crippen MR) is 101 cm³/mol. The molecule has 0 spiro atoms. The molecule has 0 radical (unpaired) electrons. The van der Waals surface area contributed by atoms with E-state index in [2.05, 4.69) is 20.8 Å². The van der Waals surface area contributed by atoms with Crippen LogP contribution in [0.3, 0.4) is 0 Å². The van der Waals surface area contributed by atoms with Crippen LogP contribution in [0.5, 0.6) is 0 Å². The molecule has 0 fully saturated rings. The van der Waals surface area contributed by atoms with Gasteiger partial charge in [0.1, 0.15) is 0 Å². The van der Waals surface area contributed by atoms with Gasteiger partial charge >= 0.3 is 0 Å². The average molecular weight is 385 g/mol. The summed E-state index contributed by atoms with van der Waals surface area (Å²) >= 11 is 0. The summed E-state index contributed by atoms with van der Waals surface area (Å²) in [4.78, 5) is 12.6. The largest absolute Gasteiger partial charge is 0.416 e. The SMILES string of the molecule is CC(C)(C)[Si](C)(C)OC[C@@H](C(F)F)C1CC(=O)c2ccccc2C(O)C1. The molecule has 146 valence electrons. The monoisotopic (exact) mass is 384 g/mol. The minimum atomic E-state index is -2.59. The van der Waals surface area contributed by atoms with E-state index >= 15 is 0 Å². The Kier molecular flexibility index (Phi) is 6.41. The molecule has 0 aromatic heterocycles. The fourth-order valence-corrected chi connectivity index (χ4v) is 4.19. The minimum absolute atomic E-state index is 0.0178. The van der Waals surface area contributed by atoms with Gasteiger partial charge in [0, 0.05) is 24.5 Å². The summed E-state index contributed by atoms with van der Waals surface area (Å²) in [5, 5.41) is 10.4. The van der Waals surface area contributed by atoms with Crippen molar-refractivity contribution < 1.29 is 23.1 Å². The summed E-state index contributed by atoms with van der Waals surface area (Å²) in [7, 11) is -2.17. The van der Waals surface area contributed by atoms with E-state index in [1.54, 1.807) is 24.3 Å². The number of halogens is 2. The summed E-state index contributed by atoms with van der Waals surface area (Å²) in [6, 6.07) is 6.84. The van der Waals surface area contributed by atoms with Gasteiger partial charge in [-0.2, -0.15) is 0 Å². The molecule has 2 unspecified atom stereocenters. The van der Waals surface area contributed by atoms with E-state index in [1.807, 2.05) is 13.1 Å². The normalized spacial score (nSPS) is 22.9. The molecular formula is C20H30F2O3Si. The van der Waals surface area contributed by atoms with E-state index in [9.17, 15) is 18.7 Å². The Morgan fingerprint density at radius 3 is 2.46 bits per heavy atom. The highest BCUT2D eigenvalue weighted by Gasteiger charge is 2.41. The van der Waals surface area contributed by atoms with Gasteiger partial charge in [0.15, 0.2) is 14.1 Å². The second-order valence-electron chi connectivity index (χ2n) is 8.80. The fourth-order valence-electron chi connectivity index (χ4n) is 3.15. The third kappa shape index (κ3) is 4.59. The number of benzene rings is 1. The lowest BCUT2D eigenvalue weighted by molar-refractivity contribution is -0.00314. The van der Waals surface area contributed by atoms with E-state index in [4.69, 9.17) is 4.43 Å². The molecule has 1 aromatic carbocycles. The van der Waals surface area contributed by atoms with Crippen LogP contribution >= 0.6 is 0 Å². The van der Waals surface area contributed by atoms with Gasteiger partial charge in [0.05, 0.1) is 6.10 Å². The molecule has 3 atom stereocenters. The zero-order valence-corrected chi connectivity index (χ0v) is 17.3. The molecule has 0 saturated heterocycles. The molecule has 0 heterocycles. The Labute approximate surface area is 155 Å². The quantitative estimate of drug-likeness (QED) is 0.559. The summed E-state index contributed by atoms with van der Waals surface area (Å²) in [5.74, 6) is -1.84. The van der Waals surface area contributed by atoms with Crippen molar-refractivity contribution in [3.8, 4) is 0 Å². The number of carbonyl (C=O) groups excluding carboxylic acids is 1. The van der Waals surface area contributed by atoms with Crippen molar-refractivity contribution in [2.45, 2.75) is 64.3 Å². The lowest BCUT2D eigenvalue weighted by atomic mass is 9.85. The van der Waals surface area contributed by atoms with Gasteiger partial charge < -0.3 is 9.53 Å². The second kappa shape index (κ2) is 7.86. The third-order valence-electron chi connectivity index (χ3n) is 5.97. The van der Waals surface area contributed by atoms with Crippen molar-refractivity contribution in [1.29, 1.82) is 0 Å². The Hall–Kier alpha value is -1.11. The second-order valence-corrected chi connectivity index (χ2v) is 13.6. The molecule has 1 N–H and O–H groups in total. The van der Waals surface area contributed by atoms with Crippen molar-refractivity contribution in [2.24, 2.45) is 11.8 Å². The maximum absolute atomic E-state index is 13.8. The highest BCUT2D eigenvalue weighted by molar-refractivity contribution is 6.74. The lowest BCUT2D eigenvalue weighted by Crippen LogP contribution is -2.43. The van der Waals surface area contributed by atoms with Crippen LogP contribution in [-0.4, -0.2) is 32.2 Å². The number of ketones is 1. The molecule has 3 nitrogen and oxygen atoms in total. The molecule has 26 heavy (non-hydrogen) atoms. The van der Waals surface area contributed by atoms with Crippen molar-refractivity contribution in [2.75, 3.05) is 6.61 Å². The van der Waals surface area contributed by atoms with Crippen LogP contribution in [0, 0.1) is 11.8 Å². The standard InChI is InChI=1S/C20H30F2O3Si/c1-20(2,3)26(4,5)25-12-16(19(21)22)13-10-17(23)14-8-6-7-9-15(14)18(24)11-13/h6-9,13,16-17,19,23H,10-12H2,1-5H3/t13?,16-,17?/m1/s1. The first-order valence-electron chi connectivity index (χ1n) is 9.16. The van der Waals surface area contributed by atoms with Crippen molar-refractivity contribution in [3.05, 3.63) is 35.4 Å². The molecule has 1 aliphatic rings. The summed E-state index contributed by atoms with van der Waals surface area (Å²) < 4.78 is 33.7. The minimum Gasteiger partial charge on any atom is -0.416 e. The Morgan fingerprint density at radius 1 is 1.27 bits per heavy atom. The highest BCUT2D eigenvalue weighted by Crippen LogP contribution is 2.40. The Morgan fingerprint density at radius 2 is 1.88 bits per heavy atom. The molecule has 0 amide bonds. The number of Topliss-reactive ketones (excluding diaryl/α,β-unsaturated/α-hetero) is 1. The number of carbonyl (C=O) groups is 1. The molecule has 2 rings (SSSR count). The summed E-state index contributed by atoms with van der Waals surface area (Å²) in [6.07, 6.45) is -3.33. The smallest absolute Gasteiger partial charge is 0.243 e. The Bertz CT molecular complexity index is 640. The van der Waals surface area contributed by atoms with Crippen LogP contribution in [0.25, 0.3) is 0 Å². The number of hydrogen-bond acceptors (Lipinski definition) is 3. The van der Waals surface area contributed by atoms with Gasteiger partial charge in [-0.05, 0) is 36.0 Å². The molecule has 1 aliphatic carbocycles. The van der Waals surface area contributed by atoms with E-state index in [0.29, 0.717) is 11.1 Å². The van der Waals surface area contributed by atoms with Gasteiger partial charge in [0.2, 0.25) is 6.43 Å². The highest BCUT2D eigenvalue weighted by atomic mass is 28.4. The van der Waals surface area contributed by atoms with Crippen LogP contribution in [0.1, 0.15) is 55.6 Å². The number of aliphatic hydroxyl groups is 1. The number of alkyl halides is 2. The first-order chi connectivity index (χ1) is 11.9. The van der Waals surface area contributed by atoms with Gasteiger partial charge in [-0.1, -0.05) is 45.0 Å². The molecule has 1 aromatic rings. The third-order valence-corrected chi connectivity index (χ3v) is 10.5. The van der Waals surface area contributed by atoms with Crippen molar-refractivity contribution in [3.63, 3.8) is 0 Å². The van der Waals surface area contributed by atoms with Crippen LogP contribution in [-0.2, 0) is 4.43 Å². The molecular weight excluding hydrogens is 354 g/mol. The van der Waals surface area contributed by atoms with Gasteiger partial charge in [0.25, 0.3) is 0 Å². The van der Waals surface area contributed by atoms with Crippen LogP contribution < -0.4 is 0 Å². The zero-order chi connectivity index (χ0) is 19.7. The number of fused-ring (bicyclic) bond motifs is 1. The average Bonchev–Trinajstić information content (AvgIpc) is 2.64. The zero-order valence-electron chi connectivity index (χ0n) is 16.3. The number of aliphatic hydroxyl groups excluding tert-OH is 1. The first kappa shape index (κ1) is 21.2. The fraction of sp³-hybridized carbons (Fsp3) is 0.650. The first-order valence-corrected chi connectivity index (χ1v) is 12.1. The topological polar surface area (TPSA) is 46.5 Å². The van der Waals surface area contributed by atoms with Crippen molar-refractivity contribution in [1.82, 2.24) is 0 Å². The van der Waals surface area contributed by atoms with Crippen LogP contribution in [0.4, 0.5) is 8.78 Å². The molecule has 6 heteroatoms. The van der Waals surface area contributed by atoms with Gasteiger partial charge in [-0.25, -0.2) is 8.78 Å². The molecule has 0 bridgehead atoms. The maximum Gasteiger partial charge on any atom is 0.243 e.